The van der Waals surface area contributed by atoms with E-state index in [2.05, 4.69) is 10.4 Å². The summed E-state index contributed by atoms with van der Waals surface area (Å²) in [6, 6.07) is 10.8. The monoisotopic (exact) mass is 333 g/mol. The Balaban J connectivity index is 1.40. The molecule has 25 heavy (non-hydrogen) atoms. The van der Waals surface area contributed by atoms with Crippen molar-refractivity contribution < 1.29 is 14.4 Å². The van der Waals surface area contributed by atoms with Gasteiger partial charge in [-0.15, -0.1) is 0 Å². The lowest BCUT2D eigenvalue weighted by molar-refractivity contribution is -0.143. The molecule has 1 aromatic heterocycles. The van der Waals surface area contributed by atoms with Gasteiger partial charge in [0.15, 0.2) is 0 Å². The van der Waals surface area contributed by atoms with E-state index in [1.165, 1.54) is 0 Å². The SMILES string of the molecule is O=C(NN1C(=O)[C@@H]2[C@@H](C1=O)[C@@H]1C=C[C@@H]2C1)c1ccc2ccccc2n1. The molecule has 2 bridgehead atoms. The van der Waals surface area contributed by atoms with Gasteiger partial charge in [-0.05, 0) is 30.4 Å². The van der Waals surface area contributed by atoms with Crippen LogP contribution in [0.25, 0.3) is 10.9 Å². The third kappa shape index (κ3) is 1.97. The first-order valence-corrected chi connectivity index (χ1v) is 8.36. The molecule has 2 fully saturated rings. The number of hydrogen-bond donors (Lipinski definition) is 1. The second-order valence-corrected chi connectivity index (χ2v) is 6.84. The summed E-state index contributed by atoms with van der Waals surface area (Å²) in [4.78, 5) is 42.0. The highest BCUT2D eigenvalue weighted by Crippen LogP contribution is 2.52. The number of imide groups is 1. The fourth-order valence-corrected chi connectivity index (χ4v) is 4.36. The summed E-state index contributed by atoms with van der Waals surface area (Å²) >= 11 is 0. The minimum Gasteiger partial charge on any atom is -0.272 e. The molecule has 0 spiro atoms. The first kappa shape index (κ1) is 14.3. The number of hydrogen-bond acceptors (Lipinski definition) is 4. The molecule has 0 radical (unpaired) electrons. The van der Waals surface area contributed by atoms with E-state index in [9.17, 15) is 14.4 Å². The number of para-hydroxylation sites is 1. The van der Waals surface area contributed by atoms with Crippen molar-refractivity contribution in [3.63, 3.8) is 0 Å². The highest BCUT2D eigenvalue weighted by atomic mass is 16.2. The molecule has 1 saturated carbocycles. The Morgan fingerprint density at radius 1 is 1.00 bits per heavy atom. The summed E-state index contributed by atoms with van der Waals surface area (Å²) < 4.78 is 0. The minimum atomic E-state index is -0.548. The number of carbonyl (C=O) groups excluding carboxylic acids is 3. The van der Waals surface area contributed by atoms with Crippen LogP contribution in [0.5, 0.6) is 0 Å². The van der Waals surface area contributed by atoms with Crippen molar-refractivity contribution in [2.45, 2.75) is 6.42 Å². The van der Waals surface area contributed by atoms with Crippen molar-refractivity contribution in [3.8, 4) is 0 Å². The highest BCUT2D eigenvalue weighted by molar-refractivity contribution is 6.08. The predicted molar refractivity (Wildman–Crippen MR) is 88.8 cm³/mol. The summed E-state index contributed by atoms with van der Waals surface area (Å²) in [5, 5.41) is 1.82. The number of hydrazine groups is 1. The summed E-state index contributed by atoms with van der Waals surface area (Å²) in [6.07, 6.45) is 4.90. The van der Waals surface area contributed by atoms with Gasteiger partial charge >= 0.3 is 0 Å². The molecule has 1 saturated heterocycles. The van der Waals surface area contributed by atoms with Crippen molar-refractivity contribution in [1.29, 1.82) is 0 Å². The number of pyridine rings is 1. The maximum atomic E-state index is 12.6. The number of carbonyl (C=O) groups is 3. The summed E-state index contributed by atoms with van der Waals surface area (Å²) in [5.41, 5.74) is 3.33. The van der Waals surface area contributed by atoms with Crippen LogP contribution in [0.2, 0.25) is 0 Å². The number of nitrogens with zero attached hydrogens (tertiary/aromatic N) is 2. The Kier molecular flexibility index (Phi) is 2.86. The summed E-state index contributed by atoms with van der Waals surface area (Å²) in [6.45, 7) is 0. The molecule has 0 unspecified atom stereocenters. The molecule has 3 aliphatic rings. The van der Waals surface area contributed by atoms with E-state index in [1.54, 1.807) is 12.1 Å². The van der Waals surface area contributed by atoms with Crippen molar-refractivity contribution in [1.82, 2.24) is 15.4 Å². The Morgan fingerprint density at radius 3 is 2.40 bits per heavy atom. The first-order chi connectivity index (χ1) is 12.1. The average Bonchev–Trinajstić information content (AvgIpc) is 3.31. The Bertz CT molecular complexity index is 937. The van der Waals surface area contributed by atoms with Crippen LogP contribution in [0.3, 0.4) is 0 Å². The maximum absolute atomic E-state index is 12.6. The third-order valence-electron chi connectivity index (χ3n) is 5.51. The standard InChI is InChI=1S/C19H15N3O3/c23-17(14-8-7-10-3-1-2-4-13(10)20-14)21-22-18(24)15-11-5-6-12(9-11)16(15)19(22)25/h1-8,11-12,15-16H,9H2,(H,21,23)/t11-,12-,15+,16+/m1/s1. The van der Waals surface area contributed by atoms with Crippen LogP contribution in [-0.4, -0.2) is 27.7 Å². The molecule has 6 heteroatoms. The number of allylic oxidation sites excluding steroid dienone is 2. The molecule has 1 N–H and O–H groups in total. The Labute approximate surface area is 143 Å². The van der Waals surface area contributed by atoms with E-state index < -0.39 is 5.91 Å². The predicted octanol–water partition coefficient (Wildman–Crippen LogP) is 1.69. The van der Waals surface area contributed by atoms with Crippen LogP contribution in [0, 0.1) is 23.7 Å². The van der Waals surface area contributed by atoms with E-state index in [0.717, 1.165) is 16.8 Å². The lowest BCUT2D eigenvalue weighted by Gasteiger charge is -2.17. The molecule has 4 atom stereocenters. The fraction of sp³-hybridized carbons (Fsp3) is 0.263. The van der Waals surface area contributed by atoms with Gasteiger partial charge in [-0.2, -0.15) is 5.01 Å². The number of aromatic nitrogens is 1. The molecule has 2 heterocycles. The van der Waals surface area contributed by atoms with Crippen LogP contribution in [0.15, 0.2) is 48.6 Å². The van der Waals surface area contributed by atoms with Crippen LogP contribution in [-0.2, 0) is 9.59 Å². The number of fused-ring (bicyclic) bond motifs is 6. The molecule has 2 aromatic rings. The number of amides is 3. The third-order valence-corrected chi connectivity index (χ3v) is 5.51. The van der Waals surface area contributed by atoms with Crippen molar-refractivity contribution in [2.24, 2.45) is 23.7 Å². The van der Waals surface area contributed by atoms with Gasteiger partial charge in [0, 0.05) is 5.39 Å². The van der Waals surface area contributed by atoms with Crippen LogP contribution in [0.4, 0.5) is 0 Å². The van der Waals surface area contributed by atoms with Gasteiger partial charge in [0.1, 0.15) is 5.69 Å². The van der Waals surface area contributed by atoms with Gasteiger partial charge in [-0.25, -0.2) is 4.98 Å². The van der Waals surface area contributed by atoms with E-state index in [1.807, 2.05) is 36.4 Å². The van der Waals surface area contributed by atoms with Crippen LogP contribution in [0.1, 0.15) is 16.9 Å². The fourth-order valence-electron chi connectivity index (χ4n) is 4.36. The molecule has 124 valence electrons. The van der Waals surface area contributed by atoms with Gasteiger partial charge in [0.25, 0.3) is 17.7 Å². The summed E-state index contributed by atoms with van der Waals surface area (Å²) in [5.74, 6) is -1.58. The molecule has 6 nitrogen and oxygen atoms in total. The van der Waals surface area contributed by atoms with Crippen molar-refractivity contribution >= 4 is 28.6 Å². The zero-order chi connectivity index (χ0) is 17.1. The molecule has 3 amide bonds. The lowest BCUT2D eigenvalue weighted by atomic mass is 9.85. The number of benzene rings is 1. The van der Waals surface area contributed by atoms with Crippen molar-refractivity contribution in [2.75, 3.05) is 0 Å². The van der Waals surface area contributed by atoms with Gasteiger partial charge < -0.3 is 0 Å². The second kappa shape index (κ2) is 4.99. The topological polar surface area (TPSA) is 79.4 Å². The van der Waals surface area contributed by atoms with E-state index in [-0.39, 0.29) is 41.2 Å². The second-order valence-electron chi connectivity index (χ2n) is 6.84. The van der Waals surface area contributed by atoms with Gasteiger partial charge in [0.2, 0.25) is 0 Å². The van der Waals surface area contributed by atoms with Crippen LogP contribution < -0.4 is 5.43 Å². The van der Waals surface area contributed by atoms with E-state index in [4.69, 9.17) is 0 Å². The minimum absolute atomic E-state index is 0.118. The average molecular weight is 333 g/mol. The number of rotatable bonds is 2. The van der Waals surface area contributed by atoms with Gasteiger partial charge in [0.05, 0.1) is 17.4 Å². The smallest absolute Gasteiger partial charge is 0.272 e. The number of nitrogens with one attached hydrogen (secondary N) is 1. The maximum Gasteiger partial charge on any atom is 0.288 e. The lowest BCUT2D eigenvalue weighted by Crippen LogP contribution is -2.47. The highest BCUT2D eigenvalue weighted by Gasteiger charge is 2.59. The summed E-state index contributed by atoms with van der Waals surface area (Å²) in [7, 11) is 0. The largest absolute Gasteiger partial charge is 0.288 e. The zero-order valence-corrected chi connectivity index (χ0v) is 13.3. The van der Waals surface area contributed by atoms with E-state index in [0.29, 0.717) is 5.52 Å². The van der Waals surface area contributed by atoms with Gasteiger partial charge in [-0.1, -0.05) is 36.4 Å². The zero-order valence-electron chi connectivity index (χ0n) is 13.3. The molecule has 2 aliphatic carbocycles. The quantitative estimate of drug-likeness (QED) is 0.670. The van der Waals surface area contributed by atoms with E-state index >= 15 is 0 Å². The Hall–Kier alpha value is -3.02. The van der Waals surface area contributed by atoms with Crippen LogP contribution >= 0.6 is 0 Å². The molecule has 1 aromatic carbocycles. The normalized spacial score (nSPS) is 29.5. The van der Waals surface area contributed by atoms with Crippen molar-refractivity contribution in [3.05, 3.63) is 54.2 Å². The molecular formula is C19H15N3O3. The van der Waals surface area contributed by atoms with Gasteiger partial charge in [-0.3, -0.25) is 19.8 Å². The molecule has 5 rings (SSSR count). The Morgan fingerprint density at radius 2 is 1.68 bits per heavy atom. The first-order valence-electron chi connectivity index (χ1n) is 8.36. The molecular weight excluding hydrogens is 318 g/mol. The molecule has 1 aliphatic heterocycles.